The van der Waals surface area contributed by atoms with Crippen molar-refractivity contribution in [2.24, 2.45) is 5.73 Å². The van der Waals surface area contributed by atoms with E-state index < -0.39 is 5.91 Å². The average molecular weight is 216 g/mol. The molecule has 80 valence electrons. The second kappa shape index (κ2) is 3.95. The highest BCUT2D eigenvalue weighted by Gasteiger charge is 2.13. The molecular formula is C11H8N2O3. The Morgan fingerprint density at radius 2 is 2.19 bits per heavy atom. The van der Waals surface area contributed by atoms with Crippen LogP contribution in [0.5, 0.6) is 11.5 Å². The maximum atomic E-state index is 10.8. The van der Waals surface area contributed by atoms with Crippen LogP contribution in [0.1, 0.15) is 5.56 Å². The lowest BCUT2D eigenvalue weighted by Gasteiger charge is -1.98. The highest BCUT2D eigenvalue weighted by molar-refractivity contribution is 6.00. The number of benzene rings is 1. The minimum absolute atomic E-state index is 0.0983. The first-order chi connectivity index (χ1) is 7.70. The number of hydrogen-bond acceptors (Lipinski definition) is 4. The van der Waals surface area contributed by atoms with Crippen LogP contribution in [0, 0.1) is 11.3 Å². The number of amides is 1. The highest BCUT2D eigenvalue weighted by Crippen LogP contribution is 2.32. The molecule has 0 saturated carbocycles. The molecule has 0 atom stereocenters. The predicted octanol–water partition coefficient (Wildman–Crippen LogP) is 0.808. The Morgan fingerprint density at radius 1 is 1.44 bits per heavy atom. The molecule has 1 amide bonds. The second-order valence-electron chi connectivity index (χ2n) is 3.15. The van der Waals surface area contributed by atoms with Gasteiger partial charge in [-0.1, -0.05) is 6.07 Å². The molecule has 0 aromatic heterocycles. The summed E-state index contributed by atoms with van der Waals surface area (Å²) in [5.74, 6) is 0.491. The molecule has 0 radical (unpaired) electrons. The van der Waals surface area contributed by atoms with E-state index in [1.165, 1.54) is 6.08 Å². The number of nitrogens with two attached hydrogens (primary N) is 1. The molecule has 0 aliphatic carbocycles. The van der Waals surface area contributed by atoms with E-state index in [-0.39, 0.29) is 12.4 Å². The van der Waals surface area contributed by atoms with Crippen molar-refractivity contribution in [1.29, 1.82) is 5.26 Å². The van der Waals surface area contributed by atoms with E-state index in [2.05, 4.69) is 0 Å². The van der Waals surface area contributed by atoms with Crippen molar-refractivity contribution < 1.29 is 14.3 Å². The zero-order valence-electron chi connectivity index (χ0n) is 8.27. The largest absolute Gasteiger partial charge is 0.454 e. The summed E-state index contributed by atoms with van der Waals surface area (Å²) in [5, 5.41) is 8.68. The zero-order valence-corrected chi connectivity index (χ0v) is 8.27. The second-order valence-corrected chi connectivity index (χ2v) is 3.15. The number of hydrogen-bond donors (Lipinski definition) is 1. The number of carbonyl (C=O) groups is 1. The fourth-order valence-corrected chi connectivity index (χ4v) is 1.33. The van der Waals surface area contributed by atoms with Crippen molar-refractivity contribution in [3.8, 4) is 17.6 Å². The van der Waals surface area contributed by atoms with Gasteiger partial charge in [0.2, 0.25) is 6.79 Å². The van der Waals surface area contributed by atoms with Crippen LogP contribution >= 0.6 is 0 Å². The molecule has 2 N–H and O–H groups in total. The number of fused-ring (bicyclic) bond motifs is 1. The molecule has 0 unspecified atom stereocenters. The Kier molecular flexibility index (Phi) is 2.48. The molecule has 0 saturated heterocycles. The van der Waals surface area contributed by atoms with Crippen molar-refractivity contribution in [2.75, 3.05) is 6.79 Å². The summed E-state index contributed by atoms with van der Waals surface area (Å²) in [5.41, 5.74) is 5.59. The van der Waals surface area contributed by atoms with Gasteiger partial charge in [0.05, 0.1) is 0 Å². The normalized spacial score (nSPS) is 13.3. The first kappa shape index (κ1) is 10.1. The van der Waals surface area contributed by atoms with Gasteiger partial charge in [-0.15, -0.1) is 0 Å². The van der Waals surface area contributed by atoms with Gasteiger partial charge in [-0.25, -0.2) is 0 Å². The predicted molar refractivity (Wildman–Crippen MR) is 55.3 cm³/mol. The zero-order chi connectivity index (χ0) is 11.5. The van der Waals surface area contributed by atoms with Crippen molar-refractivity contribution in [1.82, 2.24) is 0 Å². The lowest BCUT2D eigenvalue weighted by Crippen LogP contribution is -2.12. The van der Waals surface area contributed by atoms with Gasteiger partial charge in [0.25, 0.3) is 5.91 Å². The van der Waals surface area contributed by atoms with Gasteiger partial charge in [-0.05, 0) is 23.8 Å². The molecule has 5 heteroatoms. The third kappa shape index (κ3) is 1.81. The average Bonchev–Trinajstić information content (AvgIpc) is 2.72. The quantitative estimate of drug-likeness (QED) is 0.585. The van der Waals surface area contributed by atoms with E-state index in [9.17, 15) is 4.79 Å². The monoisotopic (exact) mass is 216 g/mol. The molecule has 1 aromatic carbocycles. The highest BCUT2D eigenvalue weighted by atomic mass is 16.7. The summed E-state index contributed by atoms with van der Waals surface area (Å²) >= 11 is 0. The molecule has 1 aliphatic rings. The summed E-state index contributed by atoms with van der Waals surface area (Å²) in [6.07, 6.45) is 1.41. The third-order valence-electron chi connectivity index (χ3n) is 2.09. The fraction of sp³-hybridized carbons (Fsp3) is 0.0909. The standard InChI is InChI=1S/C11H8N2O3/c12-5-8(11(13)14)3-7-1-2-9-10(4-7)16-6-15-9/h1-4H,6H2,(H2,13,14)/b8-3+. The lowest BCUT2D eigenvalue weighted by molar-refractivity contribution is -0.114. The Morgan fingerprint density at radius 3 is 2.88 bits per heavy atom. The van der Waals surface area contributed by atoms with E-state index in [1.54, 1.807) is 24.3 Å². The number of nitriles is 1. The Labute approximate surface area is 91.7 Å². The van der Waals surface area contributed by atoms with Gasteiger partial charge in [0.15, 0.2) is 11.5 Å². The van der Waals surface area contributed by atoms with Crippen LogP contribution in [0.3, 0.4) is 0 Å². The smallest absolute Gasteiger partial charge is 0.259 e. The van der Waals surface area contributed by atoms with Gasteiger partial charge in [-0.2, -0.15) is 5.26 Å². The Balaban J connectivity index is 2.36. The summed E-state index contributed by atoms with van der Waals surface area (Å²) in [7, 11) is 0. The summed E-state index contributed by atoms with van der Waals surface area (Å²) in [6.45, 7) is 0.184. The minimum Gasteiger partial charge on any atom is -0.454 e. The molecule has 2 rings (SSSR count). The summed E-state index contributed by atoms with van der Waals surface area (Å²) < 4.78 is 10.3. The number of nitrogens with zero attached hydrogens (tertiary/aromatic N) is 1. The van der Waals surface area contributed by atoms with Crippen LogP contribution in [-0.2, 0) is 4.79 Å². The third-order valence-corrected chi connectivity index (χ3v) is 2.09. The van der Waals surface area contributed by atoms with E-state index in [0.717, 1.165) is 0 Å². The molecule has 16 heavy (non-hydrogen) atoms. The number of rotatable bonds is 2. The lowest BCUT2D eigenvalue weighted by atomic mass is 10.1. The van der Waals surface area contributed by atoms with Crippen molar-refractivity contribution in [2.45, 2.75) is 0 Å². The van der Waals surface area contributed by atoms with Gasteiger partial charge in [-0.3, -0.25) is 4.79 Å². The van der Waals surface area contributed by atoms with Crippen LogP contribution in [-0.4, -0.2) is 12.7 Å². The van der Waals surface area contributed by atoms with E-state index >= 15 is 0 Å². The Hall–Kier alpha value is -2.48. The SMILES string of the molecule is N#C/C(=C\c1ccc2c(c1)OCO2)C(N)=O. The van der Waals surface area contributed by atoms with Crippen LogP contribution < -0.4 is 15.2 Å². The maximum Gasteiger partial charge on any atom is 0.259 e. The molecular weight excluding hydrogens is 208 g/mol. The topological polar surface area (TPSA) is 85.3 Å². The number of primary amides is 1. The van der Waals surface area contributed by atoms with E-state index in [0.29, 0.717) is 17.1 Å². The van der Waals surface area contributed by atoms with Crippen molar-refractivity contribution >= 4 is 12.0 Å². The number of ether oxygens (including phenoxy) is 2. The van der Waals surface area contributed by atoms with Crippen LogP contribution in [0.15, 0.2) is 23.8 Å². The molecule has 1 aromatic rings. The van der Waals surface area contributed by atoms with Gasteiger partial charge in [0, 0.05) is 0 Å². The van der Waals surface area contributed by atoms with E-state index in [1.807, 2.05) is 0 Å². The summed E-state index contributed by atoms with van der Waals surface area (Å²) in [6, 6.07) is 6.84. The van der Waals surface area contributed by atoms with Gasteiger partial charge < -0.3 is 15.2 Å². The first-order valence-electron chi connectivity index (χ1n) is 4.52. The van der Waals surface area contributed by atoms with Gasteiger partial charge >= 0.3 is 0 Å². The van der Waals surface area contributed by atoms with E-state index in [4.69, 9.17) is 20.5 Å². The molecule has 0 fully saturated rings. The maximum absolute atomic E-state index is 10.8. The van der Waals surface area contributed by atoms with Crippen molar-refractivity contribution in [3.05, 3.63) is 29.3 Å². The Bertz CT molecular complexity index is 514. The van der Waals surface area contributed by atoms with Crippen LogP contribution in [0.25, 0.3) is 6.08 Å². The number of carbonyl (C=O) groups excluding carboxylic acids is 1. The van der Waals surface area contributed by atoms with Crippen LogP contribution in [0.2, 0.25) is 0 Å². The fourth-order valence-electron chi connectivity index (χ4n) is 1.33. The molecule has 1 aliphatic heterocycles. The van der Waals surface area contributed by atoms with Gasteiger partial charge in [0.1, 0.15) is 11.6 Å². The molecule has 0 spiro atoms. The molecule has 1 heterocycles. The molecule has 5 nitrogen and oxygen atoms in total. The molecule has 0 bridgehead atoms. The minimum atomic E-state index is -0.750. The summed E-state index contributed by atoms with van der Waals surface area (Å²) in [4.78, 5) is 10.8. The van der Waals surface area contributed by atoms with Crippen molar-refractivity contribution in [3.63, 3.8) is 0 Å². The van der Waals surface area contributed by atoms with Crippen LogP contribution in [0.4, 0.5) is 0 Å². The first-order valence-corrected chi connectivity index (χ1v) is 4.52.